The molecule has 3 atom stereocenters. The molecule has 7 heteroatoms. The van der Waals surface area contributed by atoms with E-state index >= 15 is 0 Å². The predicted octanol–water partition coefficient (Wildman–Crippen LogP) is 3.04. The summed E-state index contributed by atoms with van der Waals surface area (Å²) in [5.41, 5.74) is 0.753. The Morgan fingerprint density at radius 3 is 2.82 bits per heavy atom. The molecule has 0 spiro atoms. The van der Waals surface area contributed by atoms with E-state index in [9.17, 15) is 14.0 Å². The number of fused-ring (bicyclic) bond motifs is 3. The molecule has 1 aliphatic rings. The van der Waals surface area contributed by atoms with Crippen molar-refractivity contribution < 1.29 is 9.18 Å². The highest BCUT2D eigenvalue weighted by atomic mass is 19.1. The van der Waals surface area contributed by atoms with Crippen LogP contribution in [0, 0.1) is 24.6 Å². The smallest absolute Gasteiger partial charge is 0.291 e. The minimum atomic E-state index is -0.359. The van der Waals surface area contributed by atoms with Gasteiger partial charge in [-0.05, 0) is 49.4 Å². The number of carbonyl (C=O) groups is 1. The largest absolute Gasteiger partial charge is 0.351 e. The number of hydrogen-bond donors (Lipinski definition) is 1. The van der Waals surface area contributed by atoms with Gasteiger partial charge in [0.1, 0.15) is 23.7 Å². The summed E-state index contributed by atoms with van der Waals surface area (Å²) < 4.78 is 16.4. The van der Waals surface area contributed by atoms with Crippen LogP contribution in [0.1, 0.15) is 38.9 Å². The summed E-state index contributed by atoms with van der Waals surface area (Å²) >= 11 is 0. The van der Waals surface area contributed by atoms with Gasteiger partial charge in [0, 0.05) is 11.4 Å². The first-order valence-corrected chi connectivity index (χ1v) is 9.83. The fourth-order valence-corrected chi connectivity index (χ4v) is 4.37. The lowest BCUT2D eigenvalue weighted by Gasteiger charge is -2.34. The Balaban J connectivity index is 1.64. The fourth-order valence-electron chi connectivity index (χ4n) is 4.37. The highest BCUT2D eigenvalue weighted by molar-refractivity contribution is 5.87. The zero-order valence-electron chi connectivity index (χ0n) is 16.4. The van der Waals surface area contributed by atoms with Gasteiger partial charge in [0.25, 0.3) is 5.56 Å². The zero-order valence-corrected chi connectivity index (χ0v) is 16.4. The van der Waals surface area contributed by atoms with Crippen LogP contribution >= 0.6 is 0 Å². The normalized spacial score (nSPS) is 22.6. The molecule has 0 saturated heterocycles. The molecule has 4 rings (SSSR count). The zero-order chi connectivity index (χ0) is 20.0. The maximum Gasteiger partial charge on any atom is 0.291 e. The van der Waals surface area contributed by atoms with E-state index in [-0.39, 0.29) is 29.9 Å². The van der Waals surface area contributed by atoms with Crippen LogP contribution in [0.4, 0.5) is 4.39 Å². The molecule has 1 fully saturated rings. The van der Waals surface area contributed by atoms with Crippen molar-refractivity contribution in [2.24, 2.45) is 11.8 Å². The third kappa shape index (κ3) is 3.19. The van der Waals surface area contributed by atoms with Crippen molar-refractivity contribution in [1.29, 1.82) is 0 Å². The lowest BCUT2D eigenvalue weighted by atomic mass is 9.78. The number of hydrogen-bond acceptors (Lipinski definition) is 3. The average molecular weight is 384 g/mol. The number of aromatic nitrogens is 3. The highest BCUT2D eigenvalue weighted by Crippen LogP contribution is 2.29. The second kappa shape index (κ2) is 7.04. The second-order valence-electron chi connectivity index (χ2n) is 8.02. The summed E-state index contributed by atoms with van der Waals surface area (Å²) in [5, 5.41) is 8.04. The van der Waals surface area contributed by atoms with E-state index in [1.807, 2.05) is 0 Å². The molecule has 1 aromatic carbocycles. The molecule has 6 nitrogen and oxygen atoms in total. The van der Waals surface area contributed by atoms with Crippen LogP contribution in [0.25, 0.3) is 16.4 Å². The maximum atomic E-state index is 13.5. The summed E-state index contributed by atoms with van der Waals surface area (Å²) in [6.07, 6.45) is 3.26. The molecule has 148 valence electrons. The third-order valence-corrected chi connectivity index (χ3v) is 6.15. The van der Waals surface area contributed by atoms with Gasteiger partial charge >= 0.3 is 0 Å². The molecular weight excluding hydrogens is 359 g/mol. The summed E-state index contributed by atoms with van der Waals surface area (Å²) in [6, 6.07) is 6.17. The molecule has 1 aliphatic carbocycles. The summed E-state index contributed by atoms with van der Waals surface area (Å²) in [6.45, 7) is 6.03. The monoisotopic (exact) mass is 384 g/mol. The molecular formula is C21H25FN4O2. The average Bonchev–Trinajstić information content (AvgIpc) is 3.02. The number of halogens is 1. The first-order valence-electron chi connectivity index (χ1n) is 9.83. The Hall–Kier alpha value is -2.70. The fraction of sp³-hybridized carbons (Fsp3) is 0.476. The van der Waals surface area contributed by atoms with Crippen molar-refractivity contribution in [3.63, 3.8) is 0 Å². The number of nitrogens with one attached hydrogen (secondary N) is 1. The van der Waals surface area contributed by atoms with Gasteiger partial charge in [-0.2, -0.15) is 5.10 Å². The van der Waals surface area contributed by atoms with Crippen LogP contribution in [-0.2, 0) is 11.3 Å². The van der Waals surface area contributed by atoms with E-state index in [0.29, 0.717) is 28.6 Å². The van der Waals surface area contributed by atoms with Gasteiger partial charge < -0.3 is 5.32 Å². The Morgan fingerprint density at radius 2 is 2.04 bits per heavy atom. The van der Waals surface area contributed by atoms with Crippen molar-refractivity contribution >= 4 is 22.3 Å². The van der Waals surface area contributed by atoms with Gasteiger partial charge in [-0.1, -0.05) is 26.7 Å². The van der Waals surface area contributed by atoms with Crippen molar-refractivity contribution in [2.75, 3.05) is 0 Å². The predicted molar refractivity (Wildman–Crippen MR) is 106 cm³/mol. The number of amides is 1. The molecule has 2 aromatic heterocycles. The van der Waals surface area contributed by atoms with Crippen LogP contribution in [0.15, 0.2) is 29.1 Å². The van der Waals surface area contributed by atoms with Crippen molar-refractivity contribution in [2.45, 2.75) is 52.6 Å². The minimum absolute atomic E-state index is 0.121. The molecule has 1 saturated carbocycles. The number of nitrogens with zero attached hydrogens (tertiary/aromatic N) is 3. The van der Waals surface area contributed by atoms with E-state index in [1.54, 1.807) is 23.5 Å². The standard InChI is InChI=1S/C21H25FN4O2/c1-12-5-4-6-17(13(12)2)23-20(27)11-25-21(28)19-10-15-9-16(22)7-8-18(15)26(19)14(3)24-25/h7-10,12-13,17H,4-6,11H2,1-3H3,(H,23,27)/t12-,13+,17+/m0/s1. The molecule has 0 radical (unpaired) electrons. The number of rotatable bonds is 3. The van der Waals surface area contributed by atoms with E-state index in [1.165, 1.54) is 23.2 Å². The van der Waals surface area contributed by atoms with Gasteiger partial charge in [-0.15, -0.1) is 0 Å². The Labute approximate surface area is 162 Å². The van der Waals surface area contributed by atoms with E-state index in [4.69, 9.17) is 0 Å². The number of benzene rings is 1. The molecule has 0 bridgehead atoms. The Kier molecular flexibility index (Phi) is 4.69. The van der Waals surface area contributed by atoms with E-state index in [2.05, 4.69) is 24.3 Å². The third-order valence-electron chi connectivity index (χ3n) is 6.15. The summed E-state index contributed by atoms with van der Waals surface area (Å²) in [4.78, 5) is 25.5. The molecule has 28 heavy (non-hydrogen) atoms. The maximum absolute atomic E-state index is 13.5. The first-order chi connectivity index (χ1) is 13.3. The highest BCUT2D eigenvalue weighted by Gasteiger charge is 2.28. The minimum Gasteiger partial charge on any atom is -0.351 e. The molecule has 3 aromatic rings. The van der Waals surface area contributed by atoms with Crippen molar-refractivity contribution in [3.8, 4) is 0 Å². The summed E-state index contributed by atoms with van der Waals surface area (Å²) in [5.74, 6) is 1.00. The molecule has 1 amide bonds. The van der Waals surface area contributed by atoms with Gasteiger partial charge in [0.05, 0.1) is 5.52 Å². The SMILES string of the molecule is Cc1nn(CC(=O)N[C@@H]2CCC[C@H](C)[C@H]2C)c(=O)c2cc3cc(F)ccc3n12. The van der Waals surface area contributed by atoms with Crippen LogP contribution < -0.4 is 10.9 Å². The summed E-state index contributed by atoms with van der Waals surface area (Å²) in [7, 11) is 0. The van der Waals surface area contributed by atoms with Crippen molar-refractivity contribution in [1.82, 2.24) is 19.5 Å². The van der Waals surface area contributed by atoms with Crippen LogP contribution in [0.5, 0.6) is 0 Å². The Morgan fingerprint density at radius 1 is 1.25 bits per heavy atom. The van der Waals surface area contributed by atoms with Crippen LogP contribution in [0.3, 0.4) is 0 Å². The molecule has 0 aliphatic heterocycles. The number of aryl methyl sites for hydroxylation is 1. The van der Waals surface area contributed by atoms with Gasteiger partial charge in [-0.25, -0.2) is 9.07 Å². The van der Waals surface area contributed by atoms with Crippen LogP contribution in [-0.4, -0.2) is 26.1 Å². The van der Waals surface area contributed by atoms with Gasteiger partial charge in [0.2, 0.25) is 5.91 Å². The quantitative estimate of drug-likeness (QED) is 0.755. The lowest BCUT2D eigenvalue weighted by molar-refractivity contribution is -0.123. The van der Waals surface area contributed by atoms with E-state index < -0.39 is 0 Å². The lowest BCUT2D eigenvalue weighted by Crippen LogP contribution is -2.46. The number of carbonyl (C=O) groups excluding carboxylic acids is 1. The topological polar surface area (TPSA) is 68.4 Å². The van der Waals surface area contributed by atoms with Gasteiger partial charge in [0.15, 0.2) is 0 Å². The second-order valence-corrected chi connectivity index (χ2v) is 8.02. The Bertz CT molecular complexity index is 1120. The van der Waals surface area contributed by atoms with Crippen molar-refractivity contribution in [3.05, 3.63) is 46.3 Å². The van der Waals surface area contributed by atoms with E-state index in [0.717, 1.165) is 18.4 Å². The first kappa shape index (κ1) is 18.7. The molecule has 2 heterocycles. The van der Waals surface area contributed by atoms with Crippen LogP contribution in [0.2, 0.25) is 0 Å². The molecule has 1 N–H and O–H groups in total. The molecule has 0 unspecified atom stereocenters. The van der Waals surface area contributed by atoms with Gasteiger partial charge in [-0.3, -0.25) is 14.0 Å².